The number of benzene rings is 1. The van der Waals surface area contributed by atoms with Gasteiger partial charge in [-0.05, 0) is 38.0 Å². The van der Waals surface area contributed by atoms with Crippen LogP contribution in [0.2, 0.25) is 5.02 Å². The third-order valence-corrected chi connectivity index (χ3v) is 3.85. The fourth-order valence-corrected chi connectivity index (χ4v) is 2.26. The normalized spacial score (nSPS) is 15.0. The number of carbonyl (C=O) groups is 1. The molecule has 0 aliphatic heterocycles. The number of hydrogen-bond donors (Lipinski definition) is 3. The molecule has 5 nitrogen and oxygen atoms in total. The number of aliphatic hydroxyl groups is 1. The van der Waals surface area contributed by atoms with Crippen molar-refractivity contribution in [3.8, 4) is 5.75 Å². The van der Waals surface area contributed by atoms with Crippen molar-refractivity contribution < 1.29 is 14.6 Å². The van der Waals surface area contributed by atoms with Crippen LogP contribution in [-0.2, 0) is 4.79 Å². The van der Waals surface area contributed by atoms with Gasteiger partial charge in [-0.25, -0.2) is 0 Å². The molecule has 1 rings (SSSR count). The van der Waals surface area contributed by atoms with Crippen LogP contribution in [-0.4, -0.2) is 36.8 Å². The van der Waals surface area contributed by atoms with E-state index in [0.717, 1.165) is 0 Å². The maximum atomic E-state index is 12.1. The highest BCUT2D eigenvalue weighted by molar-refractivity contribution is 6.31. The Hall–Kier alpha value is -1.30. The van der Waals surface area contributed by atoms with Crippen LogP contribution in [0.5, 0.6) is 5.75 Å². The van der Waals surface area contributed by atoms with Crippen LogP contribution in [0.3, 0.4) is 0 Å². The summed E-state index contributed by atoms with van der Waals surface area (Å²) in [5, 5.41) is 15.8. The summed E-state index contributed by atoms with van der Waals surface area (Å²) in [7, 11) is 1.54. The first-order chi connectivity index (χ1) is 10.4. The predicted molar refractivity (Wildman–Crippen MR) is 89.6 cm³/mol. The second-order valence-electron chi connectivity index (χ2n) is 5.61. The number of hydrogen-bond acceptors (Lipinski definition) is 4. The standard InChI is InChI=1S/C16H25ClN2O3/c1-10(9-20)12(3)18-11(2)7-16(21)19-14-8-13(17)5-6-15(14)22-4/h5-6,8,10-12,18,20H,7,9H2,1-4H3,(H,19,21). The molecule has 3 atom stereocenters. The number of methoxy groups -OCH3 is 1. The minimum atomic E-state index is -0.121. The summed E-state index contributed by atoms with van der Waals surface area (Å²) in [4.78, 5) is 12.1. The van der Waals surface area contributed by atoms with Gasteiger partial charge in [0, 0.05) is 30.1 Å². The Morgan fingerprint density at radius 2 is 2.05 bits per heavy atom. The number of halogens is 1. The second-order valence-corrected chi connectivity index (χ2v) is 6.05. The molecule has 0 aliphatic rings. The van der Waals surface area contributed by atoms with Gasteiger partial charge in [0.2, 0.25) is 5.91 Å². The van der Waals surface area contributed by atoms with E-state index in [1.54, 1.807) is 25.3 Å². The molecule has 1 aromatic carbocycles. The Kier molecular flexibility index (Phi) is 7.65. The Morgan fingerprint density at radius 3 is 2.64 bits per heavy atom. The largest absolute Gasteiger partial charge is 0.495 e. The lowest BCUT2D eigenvalue weighted by atomic mass is 10.0. The molecule has 0 saturated carbocycles. The summed E-state index contributed by atoms with van der Waals surface area (Å²) in [6.45, 7) is 6.01. The van der Waals surface area contributed by atoms with E-state index in [9.17, 15) is 4.79 Å². The van der Waals surface area contributed by atoms with E-state index in [-0.39, 0.29) is 30.5 Å². The highest BCUT2D eigenvalue weighted by Gasteiger charge is 2.16. The Labute approximate surface area is 137 Å². The van der Waals surface area contributed by atoms with E-state index in [4.69, 9.17) is 21.4 Å². The number of rotatable bonds is 8. The van der Waals surface area contributed by atoms with E-state index in [1.165, 1.54) is 0 Å². The summed E-state index contributed by atoms with van der Waals surface area (Å²) in [5.74, 6) is 0.587. The fraction of sp³-hybridized carbons (Fsp3) is 0.562. The number of aliphatic hydroxyl groups excluding tert-OH is 1. The van der Waals surface area contributed by atoms with Gasteiger partial charge in [-0.3, -0.25) is 4.79 Å². The first kappa shape index (κ1) is 18.7. The van der Waals surface area contributed by atoms with E-state index in [2.05, 4.69) is 10.6 Å². The van der Waals surface area contributed by atoms with Crippen LogP contribution >= 0.6 is 11.6 Å². The third-order valence-electron chi connectivity index (χ3n) is 3.62. The van der Waals surface area contributed by atoms with E-state index in [0.29, 0.717) is 22.9 Å². The Morgan fingerprint density at radius 1 is 1.36 bits per heavy atom. The molecule has 0 spiro atoms. The Bertz CT molecular complexity index is 496. The molecule has 0 fully saturated rings. The van der Waals surface area contributed by atoms with Crippen molar-refractivity contribution in [2.75, 3.05) is 19.0 Å². The van der Waals surface area contributed by atoms with Gasteiger partial charge in [-0.15, -0.1) is 0 Å². The number of amides is 1. The van der Waals surface area contributed by atoms with Crippen LogP contribution in [0.15, 0.2) is 18.2 Å². The summed E-state index contributed by atoms with van der Waals surface area (Å²) in [6.07, 6.45) is 0.318. The molecule has 0 aliphatic carbocycles. The summed E-state index contributed by atoms with van der Waals surface area (Å²) in [6, 6.07) is 5.21. The quantitative estimate of drug-likeness (QED) is 0.686. The number of carbonyl (C=O) groups excluding carboxylic acids is 1. The van der Waals surface area contributed by atoms with Gasteiger partial charge in [-0.1, -0.05) is 18.5 Å². The van der Waals surface area contributed by atoms with Crippen LogP contribution in [0.25, 0.3) is 0 Å². The molecule has 22 heavy (non-hydrogen) atoms. The SMILES string of the molecule is COc1ccc(Cl)cc1NC(=O)CC(C)NC(C)C(C)CO. The summed E-state index contributed by atoms with van der Waals surface area (Å²) in [5.41, 5.74) is 0.559. The lowest BCUT2D eigenvalue weighted by Crippen LogP contribution is -2.41. The molecule has 0 saturated heterocycles. The lowest BCUT2D eigenvalue weighted by molar-refractivity contribution is -0.116. The molecule has 3 N–H and O–H groups in total. The summed E-state index contributed by atoms with van der Waals surface area (Å²) < 4.78 is 5.20. The van der Waals surface area contributed by atoms with Gasteiger partial charge in [0.15, 0.2) is 0 Å². The molecule has 1 aromatic rings. The van der Waals surface area contributed by atoms with Crippen molar-refractivity contribution in [2.45, 2.75) is 39.3 Å². The zero-order valence-corrected chi connectivity index (χ0v) is 14.3. The van der Waals surface area contributed by atoms with Crippen LogP contribution in [0, 0.1) is 5.92 Å². The van der Waals surface area contributed by atoms with Crippen molar-refractivity contribution in [3.63, 3.8) is 0 Å². The molecular weight excluding hydrogens is 304 g/mol. The highest BCUT2D eigenvalue weighted by atomic mass is 35.5. The van der Waals surface area contributed by atoms with Crippen molar-refractivity contribution in [2.24, 2.45) is 5.92 Å². The van der Waals surface area contributed by atoms with Gasteiger partial charge < -0.3 is 20.5 Å². The van der Waals surface area contributed by atoms with Crippen molar-refractivity contribution in [1.29, 1.82) is 0 Å². The summed E-state index contributed by atoms with van der Waals surface area (Å²) >= 11 is 5.94. The van der Waals surface area contributed by atoms with Crippen LogP contribution in [0.1, 0.15) is 27.2 Å². The van der Waals surface area contributed by atoms with E-state index in [1.807, 2.05) is 20.8 Å². The van der Waals surface area contributed by atoms with E-state index < -0.39 is 0 Å². The lowest BCUT2D eigenvalue weighted by Gasteiger charge is -2.23. The molecular formula is C16H25ClN2O3. The van der Waals surface area contributed by atoms with E-state index >= 15 is 0 Å². The monoisotopic (exact) mass is 328 g/mol. The molecule has 0 radical (unpaired) electrons. The van der Waals surface area contributed by atoms with Gasteiger partial charge in [0.05, 0.1) is 12.8 Å². The van der Waals surface area contributed by atoms with Gasteiger partial charge in [-0.2, -0.15) is 0 Å². The maximum Gasteiger partial charge on any atom is 0.226 e. The zero-order valence-electron chi connectivity index (χ0n) is 13.5. The molecule has 3 unspecified atom stereocenters. The smallest absolute Gasteiger partial charge is 0.226 e. The first-order valence-corrected chi connectivity index (χ1v) is 7.75. The first-order valence-electron chi connectivity index (χ1n) is 7.37. The minimum Gasteiger partial charge on any atom is -0.495 e. The second kappa shape index (κ2) is 8.98. The van der Waals surface area contributed by atoms with Gasteiger partial charge in [0.25, 0.3) is 0 Å². The molecule has 0 aromatic heterocycles. The van der Waals surface area contributed by atoms with Gasteiger partial charge >= 0.3 is 0 Å². The number of nitrogens with one attached hydrogen (secondary N) is 2. The zero-order chi connectivity index (χ0) is 16.7. The number of ether oxygens (including phenoxy) is 1. The molecule has 1 amide bonds. The minimum absolute atomic E-state index is 0.00539. The van der Waals surface area contributed by atoms with Crippen molar-refractivity contribution in [1.82, 2.24) is 5.32 Å². The maximum absolute atomic E-state index is 12.1. The van der Waals surface area contributed by atoms with Crippen LogP contribution < -0.4 is 15.4 Å². The van der Waals surface area contributed by atoms with Crippen molar-refractivity contribution in [3.05, 3.63) is 23.2 Å². The molecule has 124 valence electrons. The molecule has 6 heteroatoms. The average Bonchev–Trinajstić information content (AvgIpc) is 2.46. The van der Waals surface area contributed by atoms with Crippen molar-refractivity contribution >= 4 is 23.2 Å². The third kappa shape index (κ3) is 5.83. The molecule has 0 bridgehead atoms. The van der Waals surface area contributed by atoms with Crippen LogP contribution in [0.4, 0.5) is 5.69 Å². The predicted octanol–water partition coefficient (Wildman–Crippen LogP) is 2.67. The van der Waals surface area contributed by atoms with Gasteiger partial charge in [0.1, 0.15) is 5.75 Å². The topological polar surface area (TPSA) is 70.6 Å². The highest BCUT2D eigenvalue weighted by Crippen LogP contribution is 2.27. The number of anilines is 1. The Balaban J connectivity index is 2.57. The molecule has 0 heterocycles. The average molecular weight is 329 g/mol. The fourth-order valence-electron chi connectivity index (χ4n) is 2.09.